The van der Waals surface area contributed by atoms with Gasteiger partial charge in [0.25, 0.3) is 11.8 Å². The van der Waals surface area contributed by atoms with Crippen LogP contribution in [0.1, 0.15) is 35.3 Å². The van der Waals surface area contributed by atoms with Gasteiger partial charge in [-0.25, -0.2) is 17.6 Å². The molecule has 0 fully saturated rings. The number of carbonyl (C=O) groups is 3. The molecule has 1 atom stereocenters. The Kier molecular flexibility index (Phi) is 11.7. The normalized spacial score (nSPS) is 12.2. The van der Waals surface area contributed by atoms with Crippen LogP contribution in [0.15, 0.2) is 89.5 Å². The molecule has 0 saturated heterocycles. The van der Waals surface area contributed by atoms with Crippen molar-refractivity contribution in [1.29, 1.82) is 0 Å². The number of anilines is 2. The van der Waals surface area contributed by atoms with Crippen LogP contribution < -0.4 is 20.7 Å². The van der Waals surface area contributed by atoms with Gasteiger partial charge in [0, 0.05) is 16.1 Å². The van der Waals surface area contributed by atoms with E-state index in [0.717, 1.165) is 11.8 Å². The summed E-state index contributed by atoms with van der Waals surface area (Å²) in [5, 5.41) is 5.71. The average molecular weight is 706 g/mol. The third-order valence-electron chi connectivity index (χ3n) is 6.62. The number of amides is 3. The SMILES string of the molecule is CCOc1ccc(/C=C(\NC(=O)c2ccccc2)C(=O)Nc2ccc(SC(C)C(=O)Nc3c(F)c(F)c(C(F)(F)F)c(F)c3F)cc2)cc1. The van der Waals surface area contributed by atoms with Gasteiger partial charge in [0.1, 0.15) is 22.7 Å². The van der Waals surface area contributed by atoms with Crippen molar-refractivity contribution in [2.24, 2.45) is 0 Å². The summed E-state index contributed by atoms with van der Waals surface area (Å²) < 4.78 is 100. The van der Waals surface area contributed by atoms with Gasteiger partial charge in [-0.3, -0.25) is 14.4 Å². The first-order valence-corrected chi connectivity index (χ1v) is 15.2. The maximum atomic E-state index is 14.2. The second kappa shape index (κ2) is 15.7. The van der Waals surface area contributed by atoms with Gasteiger partial charge in [0.15, 0.2) is 23.3 Å². The van der Waals surface area contributed by atoms with Crippen LogP contribution in [0.2, 0.25) is 0 Å². The van der Waals surface area contributed by atoms with Gasteiger partial charge in [-0.15, -0.1) is 11.8 Å². The van der Waals surface area contributed by atoms with Crippen LogP contribution in [0, 0.1) is 23.3 Å². The molecule has 0 spiro atoms. The summed E-state index contributed by atoms with van der Waals surface area (Å²) in [5.74, 6) is -12.0. The monoisotopic (exact) mass is 705 g/mol. The summed E-state index contributed by atoms with van der Waals surface area (Å²) >= 11 is 0.829. The molecule has 0 aromatic heterocycles. The molecule has 1 unspecified atom stereocenters. The zero-order chi connectivity index (χ0) is 35.9. The fraction of sp³-hybridized carbons (Fsp3) is 0.147. The van der Waals surface area contributed by atoms with E-state index in [0.29, 0.717) is 28.4 Å². The number of benzene rings is 4. The lowest BCUT2D eigenvalue weighted by Gasteiger charge is -2.16. The minimum absolute atomic E-state index is 0.0858. The van der Waals surface area contributed by atoms with Crippen LogP contribution in [0.5, 0.6) is 5.75 Å². The molecule has 4 aromatic rings. The molecule has 0 aliphatic heterocycles. The molecule has 0 bridgehead atoms. The van der Waals surface area contributed by atoms with E-state index in [9.17, 15) is 45.1 Å². The number of rotatable bonds is 11. The van der Waals surface area contributed by atoms with Gasteiger partial charge in [0.05, 0.1) is 11.9 Å². The Morgan fingerprint density at radius 1 is 0.816 bits per heavy atom. The Bertz CT molecular complexity index is 1840. The van der Waals surface area contributed by atoms with E-state index in [2.05, 4.69) is 10.6 Å². The van der Waals surface area contributed by atoms with E-state index in [1.165, 1.54) is 37.3 Å². The van der Waals surface area contributed by atoms with E-state index < -0.39 is 63.7 Å². The Balaban J connectivity index is 1.46. The standard InChI is InChI=1S/C34H26F7N3O4S/c1-3-48-22-13-9-19(10-14-22)17-24(43-32(46)20-7-5-4-6-8-20)33(47)42-21-11-15-23(16-12-21)49-18(2)31(45)44-30-28(37)26(35)25(34(39,40)41)27(36)29(30)38/h4-18H,3H2,1-2H3,(H,42,47)(H,43,46)(H,44,45)/b24-17-. The molecule has 49 heavy (non-hydrogen) atoms. The predicted octanol–water partition coefficient (Wildman–Crippen LogP) is 8.19. The number of ether oxygens (including phenoxy) is 1. The van der Waals surface area contributed by atoms with Gasteiger partial charge in [0.2, 0.25) is 5.91 Å². The Morgan fingerprint density at radius 2 is 1.41 bits per heavy atom. The lowest BCUT2D eigenvalue weighted by Crippen LogP contribution is -2.30. The molecule has 7 nitrogen and oxygen atoms in total. The molecule has 256 valence electrons. The minimum atomic E-state index is -5.72. The first kappa shape index (κ1) is 36.5. The number of nitrogens with one attached hydrogen (secondary N) is 3. The highest BCUT2D eigenvalue weighted by molar-refractivity contribution is 8.00. The largest absolute Gasteiger partial charge is 0.494 e. The van der Waals surface area contributed by atoms with Crippen LogP contribution in [0.3, 0.4) is 0 Å². The van der Waals surface area contributed by atoms with Gasteiger partial charge in [-0.05, 0) is 74.0 Å². The first-order valence-electron chi connectivity index (χ1n) is 14.3. The zero-order valence-electron chi connectivity index (χ0n) is 25.6. The summed E-state index contributed by atoms with van der Waals surface area (Å²) in [5.41, 5.74) is -3.37. The summed E-state index contributed by atoms with van der Waals surface area (Å²) in [6.45, 7) is 3.57. The average Bonchev–Trinajstić information content (AvgIpc) is 3.07. The Labute approximate surface area is 279 Å². The van der Waals surface area contributed by atoms with Crippen molar-refractivity contribution in [1.82, 2.24) is 5.32 Å². The van der Waals surface area contributed by atoms with Gasteiger partial charge >= 0.3 is 6.18 Å². The highest BCUT2D eigenvalue weighted by Gasteiger charge is 2.42. The van der Waals surface area contributed by atoms with E-state index >= 15 is 0 Å². The molecule has 0 aliphatic rings. The molecule has 4 aromatic carbocycles. The molecule has 0 radical (unpaired) electrons. The van der Waals surface area contributed by atoms with Crippen molar-refractivity contribution in [3.05, 3.63) is 125 Å². The number of carbonyl (C=O) groups excluding carboxylic acids is 3. The fourth-order valence-electron chi connectivity index (χ4n) is 4.22. The fourth-order valence-corrected chi connectivity index (χ4v) is 5.09. The van der Waals surface area contributed by atoms with Crippen LogP contribution in [-0.2, 0) is 15.8 Å². The maximum absolute atomic E-state index is 14.2. The molecular formula is C34H26F7N3O4S. The Hall–Kier alpha value is -5.31. The lowest BCUT2D eigenvalue weighted by molar-refractivity contribution is -0.143. The summed E-state index contributed by atoms with van der Waals surface area (Å²) in [4.78, 5) is 39.1. The molecule has 0 aliphatic carbocycles. The highest BCUT2D eigenvalue weighted by atomic mass is 32.2. The van der Waals surface area contributed by atoms with Gasteiger partial charge in [-0.1, -0.05) is 30.3 Å². The number of alkyl halides is 3. The molecule has 4 rings (SSSR count). The third-order valence-corrected chi connectivity index (χ3v) is 7.73. The van der Waals surface area contributed by atoms with Crippen molar-refractivity contribution in [3.63, 3.8) is 0 Å². The van der Waals surface area contributed by atoms with Crippen molar-refractivity contribution in [2.45, 2.75) is 30.2 Å². The quantitative estimate of drug-likeness (QED) is 0.0633. The second-order valence-electron chi connectivity index (χ2n) is 10.1. The van der Waals surface area contributed by atoms with Crippen molar-refractivity contribution < 1.29 is 49.9 Å². The first-order chi connectivity index (χ1) is 23.2. The van der Waals surface area contributed by atoms with E-state index in [4.69, 9.17) is 4.74 Å². The van der Waals surface area contributed by atoms with Crippen molar-refractivity contribution in [2.75, 3.05) is 17.2 Å². The van der Waals surface area contributed by atoms with Crippen LogP contribution >= 0.6 is 11.8 Å². The Morgan fingerprint density at radius 3 is 1.96 bits per heavy atom. The molecule has 0 heterocycles. The summed E-state index contributed by atoms with van der Waals surface area (Å²) in [6, 6.07) is 20.9. The van der Waals surface area contributed by atoms with Crippen molar-refractivity contribution in [3.8, 4) is 5.75 Å². The summed E-state index contributed by atoms with van der Waals surface area (Å²) in [7, 11) is 0. The molecule has 3 N–H and O–H groups in total. The second-order valence-corrected chi connectivity index (χ2v) is 11.5. The van der Waals surface area contributed by atoms with Crippen LogP contribution in [0.25, 0.3) is 6.08 Å². The van der Waals surface area contributed by atoms with E-state index in [-0.39, 0.29) is 11.4 Å². The van der Waals surface area contributed by atoms with Gasteiger partial charge in [-0.2, -0.15) is 13.2 Å². The smallest absolute Gasteiger partial charge is 0.422 e. The van der Waals surface area contributed by atoms with E-state index in [1.54, 1.807) is 59.9 Å². The number of hydrogen-bond donors (Lipinski definition) is 3. The topological polar surface area (TPSA) is 96.5 Å². The van der Waals surface area contributed by atoms with Crippen molar-refractivity contribution >= 4 is 46.9 Å². The predicted molar refractivity (Wildman–Crippen MR) is 170 cm³/mol. The molecule has 3 amide bonds. The van der Waals surface area contributed by atoms with Gasteiger partial charge < -0.3 is 20.7 Å². The molecule has 0 saturated carbocycles. The molecular weight excluding hydrogens is 679 g/mol. The lowest BCUT2D eigenvalue weighted by atomic mass is 10.1. The zero-order valence-corrected chi connectivity index (χ0v) is 26.4. The van der Waals surface area contributed by atoms with Crippen LogP contribution in [-0.4, -0.2) is 29.6 Å². The minimum Gasteiger partial charge on any atom is -0.494 e. The third kappa shape index (κ3) is 9.19. The molecule has 15 heteroatoms. The number of halogens is 7. The van der Waals surface area contributed by atoms with Crippen LogP contribution in [0.4, 0.5) is 42.1 Å². The highest BCUT2D eigenvalue weighted by Crippen LogP contribution is 2.38. The number of hydrogen-bond acceptors (Lipinski definition) is 5. The summed E-state index contributed by atoms with van der Waals surface area (Å²) in [6.07, 6.45) is -4.26. The number of thioether (sulfide) groups is 1. The maximum Gasteiger partial charge on any atom is 0.422 e. The van der Waals surface area contributed by atoms with E-state index in [1.807, 2.05) is 6.92 Å².